The quantitative estimate of drug-likeness (QED) is 0.671. The summed E-state index contributed by atoms with van der Waals surface area (Å²) >= 11 is 0. The Morgan fingerprint density at radius 3 is 2.40 bits per heavy atom. The summed E-state index contributed by atoms with van der Waals surface area (Å²) in [6.07, 6.45) is -2.54. The smallest absolute Gasteiger partial charge is 0.150 e. The number of hydrogen-bond donors (Lipinski definition) is 0. The molecule has 0 saturated carbocycles. The van der Waals surface area contributed by atoms with E-state index in [4.69, 9.17) is 0 Å². The van der Waals surface area contributed by atoms with Crippen molar-refractivity contribution in [3.05, 3.63) is 36.2 Å². The predicted octanol–water partition coefficient (Wildman–Crippen LogP) is 2.29. The minimum Gasteiger partial charge on any atom is -0.351 e. The summed E-state index contributed by atoms with van der Waals surface area (Å²) in [7, 11) is 0. The number of alkyl halides is 3. The van der Waals surface area contributed by atoms with Gasteiger partial charge in [-0.15, -0.1) is 6.07 Å². The van der Waals surface area contributed by atoms with E-state index in [1.54, 1.807) is 12.1 Å². The van der Waals surface area contributed by atoms with Crippen LogP contribution in [0.4, 0.5) is 13.2 Å². The first-order valence-corrected chi connectivity index (χ1v) is 4.17. The van der Waals surface area contributed by atoms with Crippen molar-refractivity contribution in [1.82, 2.24) is 4.98 Å². The number of pyridine rings is 1. The van der Waals surface area contributed by atoms with Crippen molar-refractivity contribution in [2.24, 2.45) is 0 Å². The third-order valence-electron chi connectivity index (χ3n) is 2.07. The van der Waals surface area contributed by atoms with E-state index in [0.717, 1.165) is 0 Å². The van der Waals surface area contributed by atoms with Gasteiger partial charge in [0.25, 0.3) is 0 Å². The van der Waals surface area contributed by atoms with Crippen molar-refractivity contribution in [3.63, 3.8) is 0 Å². The fourth-order valence-corrected chi connectivity index (χ4v) is 1.35. The molecule has 1 aliphatic carbocycles. The van der Waals surface area contributed by atoms with E-state index >= 15 is 0 Å². The van der Waals surface area contributed by atoms with Crippen LogP contribution in [0.25, 0.3) is 5.57 Å². The van der Waals surface area contributed by atoms with E-state index in [-0.39, 0.29) is 31.4 Å². The molecule has 1 heterocycles. The number of rotatable bonds is 1. The van der Waals surface area contributed by atoms with Gasteiger partial charge >= 0.3 is 0 Å². The average Bonchev–Trinajstić information content (AvgIpc) is 2.47. The van der Waals surface area contributed by atoms with Crippen LogP contribution in [0.3, 0.4) is 0 Å². The molecule has 15 heavy (non-hydrogen) atoms. The van der Waals surface area contributed by atoms with Gasteiger partial charge < -0.3 is 4.98 Å². The Labute approximate surface area is 98.8 Å². The Hall–Kier alpha value is -0.671. The second-order valence-electron chi connectivity index (χ2n) is 3.02. The summed E-state index contributed by atoms with van der Waals surface area (Å²) in [5.41, 5.74) is 0.119. The number of halogens is 3. The fraction of sp³-hybridized carbons (Fsp3) is 0.300. The van der Waals surface area contributed by atoms with Gasteiger partial charge in [0.15, 0.2) is 6.17 Å². The van der Waals surface area contributed by atoms with Gasteiger partial charge in [-0.25, -0.2) is 14.9 Å². The molecule has 3 unspecified atom stereocenters. The van der Waals surface area contributed by atoms with Crippen molar-refractivity contribution < 1.29 is 33.3 Å². The van der Waals surface area contributed by atoms with E-state index in [9.17, 15) is 13.2 Å². The minimum atomic E-state index is -2.15. The molecule has 0 aliphatic heterocycles. The van der Waals surface area contributed by atoms with Crippen LogP contribution in [-0.4, -0.2) is 23.5 Å². The van der Waals surface area contributed by atoms with Crippen LogP contribution in [0.2, 0.25) is 0 Å². The third-order valence-corrected chi connectivity index (χ3v) is 2.07. The Morgan fingerprint density at radius 1 is 1.20 bits per heavy atom. The first-order chi connectivity index (χ1) is 6.70. The van der Waals surface area contributed by atoms with Crippen LogP contribution < -0.4 is 0 Å². The molecular formula is C10H7F3IrN-. The molecule has 0 bridgehead atoms. The molecule has 2 rings (SSSR count). The minimum absolute atomic E-state index is 0. The van der Waals surface area contributed by atoms with Gasteiger partial charge in [0.2, 0.25) is 0 Å². The summed E-state index contributed by atoms with van der Waals surface area (Å²) in [5.74, 6) is 0. The van der Waals surface area contributed by atoms with Crippen molar-refractivity contribution in [2.45, 2.75) is 18.5 Å². The Bertz CT molecular complexity index is 355. The summed E-state index contributed by atoms with van der Waals surface area (Å²) in [5, 5.41) is 0. The molecule has 0 fully saturated rings. The number of aromatic nitrogens is 1. The second kappa shape index (κ2) is 4.90. The maximum absolute atomic E-state index is 13.2. The van der Waals surface area contributed by atoms with Gasteiger partial charge in [0, 0.05) is 26.3 Å². The van der Waals surface area contributed by atoms with Crippen LogP contribution in [0.5, 0.6) is 0 Å². The maximum Gasteiger partial charge on any atom is 0.150 e. The SMILES string of the molecule is FC1[C-]=C(c2ccccn2)C(F)C1F.[Ir]. The summed E-state index contributed by atoms with van der Waals surface area (Å²) in [4.78, 5) is 3.81. The fourth-order valence-electron chi connectivity index (χ4n) is 1.35. The topological polar surface area (TPSA) is 12.9 Å². The van der Waals surface area contributed by atoms with Crippen molar-refractivity contribution >= 4 is 5.57 Å². The van der Waals surface area contributed by atoms with E-state index in [2.05, 4.69) is 11.1 Å². The molecule has 1 aromatic heterocycles. The molecule has 5 heteroatoms. The molecule has 83 valence electrons. The average molecular weight is 390 g/mol. The molecule has 0 aromatic carbocycles. The van der Waals surface area contributed by atoms with Gasteiger partial charge in [-0.3, -0.25) is 4.39 Å². The molecular weight excluding hydrogens is 383 g/mol. The van der Waals surface area contributed by atoms with Gasteiger partial charge in [-0.05, 0) is 6.07 Å². The van der Waals surface area contributed by atoms with Crippen LogP contribution in [-0.2, 0) is 20.1 Å². The number of allylic oxidation sites excluding steroid dienone is 2. The van der Waals surface area contributed by atoms with Crippen LogP contribution in [0.15, 0.2) is 24.4 Å². The van der Waals surface area contributed by atoms with E-state index < -0.39 is 18.5 Å². The number of hydrogen-bond acceptors (Lipinski definition) is 1. The van der Waals surface area contributed by atoms with Crippen molar-refractivity contribution in [1.29, 1.82) is 0 Å². The molecule has 0 amide bonds. The normalized spacial score (nSPS) is 29.5. The van der Waals surface area contributed by atoms with E-state index in [1.807, 2.05) is 0 Å². The summed E-state index contributed by atoms with van der Waals surface area (Å²) < 4.78 is 38.7. The molecule has 1 radical (unpaired) electrons. The third kappa shape index (κ3) is 2.29. The molecule has 3 atom stereocenters. The Kier molecular flexibility index (Phi) is 4.05. The summed E-state index contributed by atoms with van der Waals surface area (Å²) in [6, 6.07) is 4.77. The Balaban J connectivity index is 0.00000112. The molecule has 1 nitrogen and oxygen atoms in total. The predicted molar refractivity (Wildman–Crippen MR) is 45.6 cm³/mol. The second-order valence-corrected chi connectivity index (χ2v) is 3.02. The molecule has 1 aromatic rings. The standard InChI is InChI=1S/C10H7F3N.Ir/c11-7-5-6(9(12)10(7)13)8-3-1-2-4-14-8;/h1-4,7,9-10H;/q-1;. The zero-order valence-electron chi connectivity index (χ0n) is 7.46. The Morgan fingerprint density at radius 2 is 1.93 bits per heavy atom. The van der Waals surface area contributed by atoms with Crippen LogP contribution in [0.1, 0.15) is 5.69 Å². The van der Waals surface area contributed by atoms with E-state index in [0.29, 0.717) is 0 Å². The first-order valence-electron chi connectivity index (χ1n) is 4.17. The van der Waals surface area contributed by atoms with Crippen LogP contribution in [0, 0.1) is 6.08 Å². The summed E-state index contributed by atoms with van der Waals surface area (Å²) in [6.45, 7) is 0. The largest absolute Gasteiger partial charge is 0.351 e. The monoisotopic (exact) mass is 391 g/mol. The van der Waals surface area contributed by atoms with Crippen LogP contribution >= 0.6 is 0 Å². The van der Waals surface area contributed by atoms with Gasteiger partial charge in [0.1, 0.15) is 6.17 Å². The van der Waals surface area contributed by atoms with Crippen molar-refractivity contribution in [2.75, 3.05) is 0 Å². The molecule has 0 spiro atoms. The molecule has 0 N–H and O–H groups in total. The number of nitrogens with zero attached hydrogens (tertiary/aromatic N) is 1. The van der Waals surface area contributed by atoms with Crippen molar-refractivity contribution in [3.8, 4) is 0 Å². The van der Waals surface area contributed by atoms with E-state index in [1.165, 1.54) is 12.3 Å². The zero-order valence-corrected chi connectivity index (χ0v) is 9.85. The van der Waals surface area contributed by atoms with Gasteiger partial charge in [0.05, 0.1) is 6.17 Å². The molecule has 1 aliphatic rings. The maximum atomic E-state index is 13.2. The first kappa shape index (κ1) is 12.4. The van der Waals surface area contributed by atoms with Gasteiger partial charge in [-0.1, -0.05) is 11.8 Å². The molecule has 0 saturated heterocycles. The zero-order chi connectivity index (χ0) is 10.1. The van der Waals surface area contributed by atoms with Gasteiger partial charge in [-0.2, -0.15) is 5.57 Å².